The number of benzene rings is 2. The number of carbonyl (C=O) groups excluding carboxylic acids is 3. The summed E-state index contributed by atoms with van der Waals surface area (Å²) in [7, 11) is 0. The molecule has 146 valence electrons. The third-order valence-corrected chi connectivity index (χ3v) is 3.79. The SMILES string of the molecule is CC(C)(C)C(=O)Nc1ccc(C(=O)COC(=O)c2ccc([N+](=O)[O-])cc2)cc1. The summed E-state index contributed by atoms with van der Waals surface area (Å²) in [5.41, 5.74) is 0.301. The minimum atomic E-state index is -0.752. The van der Waals surface area contributed by atoms with Gasteiger partial charge in [-0.3, -0.25) is 19.7 Å². The largest absolute Gasteiger partial charge is 0.454 e. The van der Waals surface area contributed by atoms with Crippen LogP contribution in [-0.2, 0) is 9.53 Å². The summed E-state index contributed by atoms with van der Waals surface area (Å²) in [6.45, 7) is 4.90. The molecule has 0 spiro atoms. The molecule has 0 aliphatic rings. The number of nitro groups is 1. The van der Waals surface area contributed by atoms with Crippen molar-refractivity contribution in [1.29, 1.82) is 0 Å². The number of hydrogen-bond acceptors (Lipinski definition) is 6. The van der Waals surface area contributed by atoms with E-state index in [1.165, 1.54) is 36.4 Å². The Morgan fingerprint density at radius 1 is 0.964 bits per heavy atom. The number of Topliss-reactive ketones (excluding diaryl/α,β-unsaturated/α-hetero) is 1. The number of non-ortho nitro benzene ring substituents is 1. The molecule has 0 aromatic heterocycles. The van der Waals surface area contributed by atoms with Crippen LogP contribution >= 0.6 is 0 Å². The summed E-state index contributed by atoms with van der Waals surface area (Å²) in [6.07, 6.45) is 0. The van der Waals surface area contributed by atoms with Crippen LogP contribution in [0.3, 0.4) is 0 Å². The van der Waals surface area contributed by atoms with Gasteiger partial charge < -0.3 is 10.1 Å². The molecular formula is C20H20N2O6. The van der Waals surface area contributed by atoms with Crippen molar-refractivity contribution >= 4 is 29.0 Å². The number of ether oxygens (including phenoxy) is 1. The van der Waals surface area contributed by atoms with E-state index in [9.17, 15) is 24.5 Å². The highest BCUT2D eigenvalue weighted by Gasteiger charge is 2.21. The smallest absolute Gasteiger partial charge is 0.338 e. The molecule has 1 N–H and O–H groups in total. The average molecular weight is 384 g/mol. The summed E-state index contributed by atoms with van der Waals surface area (Å²) < 4.78 is 4.96. The first-order valence-corrected chi connectivity index (χ1v) is 8.44. The van der Waals surface area contributed by atoms with Gasteiger partial charge in [0.1, 0.15) is 0 Å². The zero-order chi connectivity index (χ0) is 20.9. The third-order valence-electron chi connectivity index (χ3n) is 3.79. The molecule has 28 heavy (non-hydrogen) atoms. The molecule has 0 fully saturated rings. The van der Waals surface area contributed by atoms with E-state index in [2.05, 4.69) is 5.32 Å². The maximum Gasteiger partial charge on any atom is 0.338 e. The van der Waals surface area contributed by atoms with Crippen molar-refractivity contribution in [2.75, 3.05) is 11.9 Å². The lowest BCUT2D eigenvalue weighted by Crippen LogP contribution is -2.27. The number of ketones is 1. The molecule has 0 heterocycles. The summed E-state index contributed by atoms with van der Waals surface area (Å²) in [5.74, 6) is -1.31. The molecule has 0 unspecified atom stereocenters. The highest BCUT2D eigenvalue weighted by atomic mass is 16.6. The van der Waals surface area contributed by atoms with Crippen LogP contribution in [0.1, 0.15) is 41.5 Å². The quantitative estimate of drug-likeness (QED) is 0.352. The number of nitrogens with one attached hydrogen (secondary N) is 1. The van der Waals surface area contributed by atoms with E-state index in [0.717, 1.165) is 0 Å². The van der Waals surface area contributed by atoms with Gasteiger partial charge in [-0.05, 0) is 36.4 Å². The van der Waals surface area contributed by atoms with Crippen LogP contribution in [-0.4, -0.2) is 29.2 Å². The topological polar surface area (TPSA) is 116 Å². The maximum absolute atomic E-state index is 12.2. The second-order valence-corrected chi connectivity index (χ2v) is 7.08. The molecule has 8 heteroatoms. The Balaban J connectivity index is 1.93. The van der Waals surface area contributed by atoms with Gasteiger partial charge in [0, 0.05) is 28.8 Å². The molecule has 0 saturated heterocycles. The first kappa shape index (κ1) is 20.8. The van der Waals surface area contributed by atoms with Crippen molar-refractivity contribution < 1.29 is 24.0 Å². The molecule has 1 amide bonds. The molecule has 2 aromatic carbocycles. The van der Waals surface area contributed by atoms with Gasteiger partial charge in [0.25, 0.3) is 5.69 Å². The van der Waals surface area contributed by atoms with Crippen molar-refractivity contribution in [3.05, 3.63) is 69.8 Å². The normalized spacial score (nSPS) is 10.8. The van der Waals surface area contributed by atoms with E-state index < -0.39 is 28.7 Å². The zero-order valence-corrected chi connectivity index (χ0v) is 15.7. The number of nitro benzene ring substituents is 1. The molecule has 2 aromatic rings. The molecule has 0 radical (unpaired) electrons. The predicted molar refractivity (Wildman–Crippen MR) is 102 cm³/mol. The fourth-order valence-corrected chi connectivity index (χ4v) is 2.08. The third kappa shape index (κ3) is 5.47. The summed E-state index contributed by atoms with van der Waals surface area (Å²) in [6, 6.07) is 11.1. The lowest BCUT2D eigenvalue weighted by atomic mass is 9.95. The Hall–Kier alpha value is -3.55. The van der Waals surface area contributed by atoms with E-state index in [0.29, 0.717) is 11.3 Å². The van der Waals surface area contributed by atoms with Crippen molar-refractivity contribution in [1.82, 2.24) is 0 Å². The first-order valence-electron chi connectivity index (χ1n) is 8.44. The monoisotopic (exact) mass is 384 g/mol. The lowest BCUT2D eigenvalue weighted by Gasteiger charge is -2.17. The molecule has 0 aliphatic carbocycles. The molecule has 8 nitrogen and oxygen atoms in total. The van der Waals surface area contributed by atoms with Gasteiger partial charge in [0.15, 0.2) is 12.4 Å². The molecule has 0 bridgehead atoms. The van der Waals surface area contributed by atoms with Crippen molar-refractivity contribution in [2.45, 2.75) is 20.8 Å². The number of hydrogen-bond donors (Lipinski definition) is 1. The van der Waals surface area contributed by atoms with Crippen LogP contribution in [0.25, 0.3) is 0 Å². The van der Waals surface area contributed by atoms with E-state index in [-0.39, 0.29) is 17.2 Å². The average Bonchev–Trinajstić information content (AvgIpc) is 2.65. The summed E-state index contributed by atoms with van der Waals surface area (Å²) in [4.78, 5) is 46.1. The predicted octanol–water partition coefficient (Wildman–Crippen LogP) is 3.62. The number of amides is 1. The Bertz CT molecular complexity index is 896. The standard InChI is InChI=1S/C20H20N2O6/c1-20(2,3)19(25)21-15-8-4-13(5-9-15)17(23)12-28-18(24)14-6-10-16(11-7-14)22(26)27/h4-11H,12H2,1-3H3,(H,21,25). The number of esters is 1. The van der Waals surface area contributed by atoms with Crippen LogP contribution in [0.4, 0.5) is 11.4 Å². The van der Waals surface area contributed by atoms with Crippen LogP contribution in [0.2, 0.25) is 0 Å². The number of anilines is 1. The Labute approximate surface area is 161 Å². The first-order chi connectivity index (χ1) is 13.1. The minimum absolute atomic E-state index is 0.110. The van der Waals surface area contributed by atoms with Crippen molar-refractivity contribution in [3.8, 4) is 0 Å². The maximum atomic E-state index is 12.2. The molecular weight excluding hydrogens is 364 g/mol. The van der Waals surface area contributed by atoms with Gasteiger partial charge in [-0.15, -0.1) is 0 Å². The van der Waals surface area contributed by atoms with Gasteiger partial charge in [0.05, 0.1) is 10.5 Å². The number of rotatable bonds is 6. The zero-order valence-electron chi connectivity index (χ0n) is 15.7. The van der Waals surface area contributed by atoms with E-state index >= 15 is 0 Å². The van der Waals surface area contributed by atoms with Crippen LogP contribution < -0.4 is 5.32 Å². The van der Waals surface area contributed by atoms with Gasteiger partial charge in [-0.2, -0.15) is 0 Å². The Morgan fingerprint density at radius 2 is 1.50 bits per heavy atom. The second-order valence-electron chi connectivity index (χ2n) is 7.08. The van der Waals surface area contributed by atoms with Crippen LogP contribution in [0.15, 0.2) is 48.5 Å². The van der Waals surface area contributed by atoms with Crippen LogP contribution in [0.5, 0.6) is 0 Å². The van der Waals surface area contributed by atoms with Gasteiger partial charge in [-0.1, -0.05) is 20.8 Å². The second kappa shape index (κ2) is 8.43. The van der Waals surface area contributed by atoms with E-state index in [1.807, 2.05) is 0 Å². The molecule has 0 saturated carbocycles. The van der Waals surface area contributed by atoms with Crippen molar-refractivity contribution in [2.24, 2.45) is 5.41 Å². The number of carbonyl (C=O) groups is 3. The highest BCUT2D eigenvalue weighted by Crippen LogP contribution is 2.18. The van der Waals surface area contributed by atoms with E-state index in [4.69, 9.17) is 4.74 Å². The minimum Gasteiger partial charge on any atom is -0.454 e. The number of nitrogens with zero attached hydrogens (tertiary/aromatic N) is 1. The Morgan fingerprint density at radius 3 is 2.00 bits per heavy atom. The fraction of sp³-hybridized carbons (Fsp3) is 0.250. The highest BCUT2D eigenvalue weighted by molar-refractivity contribution is 6.00. The van der Waals surface area contributed by atoms with Gasteiger partial charge >= 0.3 is 5.97 Å². The summed E-state index contributed by atoms with van der Waals surface area (Å²) >= 11 is 0. The summed E-state index contributed by atoms with van der Waals surface area (Å²) in [5, 5.41) is 13.4. The molecule has 0 atom stereocenters. The van der Waals surface area contributed by atoms with Gasteiger partial charge in [0.2, 0.25) is 5.91 Å². The molecule has 0 aliphatic heterocycles. The Kier molecular flexibility index (Phi) is 6.25. The van der Waals surface area contributed by atoms with Crippen LogP contribution in [0, 0.1) is 15.5 Å². The van der Waals surface area contributed by atoms with E-state index in [1.54, 1.807) is 32.9 Å². The molecule has 2 rings (SSSR count). The lowest BCUT2D eigenvalue weighted by molar-refractivity contribution is -0.384. The van der Waals surface area contributed by atoms with Crippen molar-refractivity contribution in [3.63, 3.8) is 0 Å². The fourth-order valence-electron chi connectivity index (χ4n) is 2.08. The van der Waals surface area contributed by atoms with Gasteiger partial charge in [-0.25, -0.2) is 4.79 Å².